The molecule has 2 aromatic carbocycles. The molecule has 0 aliphatic heterocycles. The van der Waals surface area contributed by atoms with Crippen LogP contribution in [0.2, 0.25) is 5.02 Å². The van der Waals surface area contributed by atoms with E-state index in [2.05, 4.69) is 22.9 Å². The first-order valence-corrected chi connectivity index (χ1v) is 8.14. The number of ether oxygens (including phenoxy) is 1. The molecule has 0 aliphatic rings. The molecule has 2 nitrogen and oxygen atoms in total. The monoisotopic (exact) mass is 367 g/mol. The van der Waals surface area contributed by atoms with Crippen LogP contribution in [0, 0.1) is 0 Å². The zero-order valence-corrected chi connectivity index (χ0v) is 14.5. The van der Waals surface area contributed by atoms with Gasteiger partial charge in [0, 0.05) is 15.5 Å². The Bertz CT molecular complexity index is 615. The molecule has 4 heteroatoms. The average Bonchev–Trinajstić information content (AvgIpc) is 2.46. The molecular weight excluding hydrogens is 350 g/mol. The molecule has 0 aliphatic carbocycles. The van der Waals surface area contributed by atoms with Crippen molar-refractivity contribution in [3.8, 4) is 5.75 Å². The van der Waals surface area contributed by atoms with Crippen LogP contribution in [-0.2, 0) is 6.42 Å². The lowest BCUT2D eigenvalue weighted by Gasteiger charge is -2.23. The number of benzene rings is 2. The van der Waals surface area contributed by atoms with Crippen molar-refractivity contribution >= 4 is 27.5 Å². The van der Waals surface area contributed by atoms with Gasteiger partial charge in [0.1, 0.15) is 11.9 Å². The molecule has 0 radical (unpaired) electrons. The lowest BCUT2D eigenvalue weighted by molar-refractivity contribution is 0.180. The Labute approximate surface area is 139 Å². The molecule has 112 valence electrons. The van der Waals surface area contributed by atoms with E-state index in [9.17, 15) is 0 Å². The van der Waals surface area contributed by atoms with E-state index in [1.807, 2.05) is 49.4 Å². The molecule has 2 unspecified atom stereocenters. The molecule has 2 rings (SSSR count). The summed E-state index contributed by atoms with van der Waals surface area (Å²) in [6.45, 7) is 4.02. The summed E-state index contributed by atoms with van der Waals surface area (Å²) in [5, 5.41) is 0.768. The quantitative estimate of drug-likeness (QED) is 0.794. The molecule has 0 spiro atoms. The molecular formula is C17H19BrClNO. The van der Waals surface area contributed by atoms with Crippen molar-refractivity contribution in [3.63, 3.8) is 0 Å². The first-order valence-electron chi connectivity index (χ1n) is 6.97. The van der Waals surface area contributed by atoms with Crippen LogP contribution in [0.4, 0.5) is 0 Å². The van der Waals surface area contributed by atoms with Crippen LogP contribution >= 0.6 is 27.5 Å². The van der Waals surface area contributed by atoms with Gasteiger partial charge in [-0.3, -0.25) is 0 Å². The summed E-state index contributed by atoms with van der Waals surface area (Å²) >= 11 is 9.63. The molecule has 0 saturated heterocycles. The third-order valence-corrected chi connectivity index (χ3v) is 4.18. The number of rotatable bonds is 5. The Kier molecular flexibility index (Phi) is 5.68. The summed E-state index contributed by atoms with van der Waals surface area (Å²) < 4.78 is 7.12. The summed E-state index contributed by atoms with van der Waals surface area (Å²) in [5.74, 6) is 0.790. The standard InChI is InChI=1S/C17H19BrClNO/c1-3-12-10-15(7-8-16(12)19)21-17(11(2)20)13-5-4-6-14(18)9-13/h4-11,17H,3,20H2,1-2H3. The maximum Gasteiger partial charge on any atom is 0.138 e. The second-order valence-electron chi connectivity index (χ2n) is 5.06. The van der Waals surface area contributed by atoms with Crippen molar-refractivity contribution in [2.24, 2.45) is 5.73 Å². The fraction of sp³-hybridized carbons (Fsp3) is 0.294. The van der Waals surface area contributed by atoms with Gasteiger partial charge in [-0.05, 0) is 54.8 Å². The zero-order chi connectivity index (χ0) is 15.4. The molecule has 2 aromatic rings. The van der Waals surface area contributed by atoms with Crippen LogP contribution in [0.5, 0.6) is 5.75 Å². The van der Waals surface area contributed by atoms with Crippen LogP contribution in [-0.4, -0.2) is 6.04 Å². The molecule has 2 N–H and O–H groups in total. The fourth-order valence-corrected chi connectivity index (χ4v) is 2.87. The van der Waals surface area contributed by atoms with E-state index in [1.54, 1.807) is 0 Å². The molecule has 21 heavy (non-hydrogen) atoms. The highest BCUT2D eigenvalue weighted by Crippen LogP contribution is 2.29. The van der Waals surface area contributed by atoms with Gasteiger partial charge < -0.3 is 10.5 Å². The molecule has 0 heterocycles. The van der Waals surface area contributed by atoms with Gasteiger partial charge in [0.2, 0.25) is 0 Å². The van der Waals surface area contributed by atoms with E-state index in [4.69, 9.17) is 22.1 Å². The fourth-order valence-electron chi connectivity index (χ4n) is 2.20. The maximum atomic E-state index is 6.15. The van der Waals surface area contributed by atoms with Gasteiger partial charge in [-0.15, -0.1) is 0 Å². The highest BCUT2D eigenvalue weighted by atomic mass is 79.9. The summed E-state index contributed by atoms with van der Waals surface area (Å²) in [6.07, 6.45) is 0.670. The van der Waals surface area contributed by atoms with E-state index in [0.717, 1.165) is 32.8 Å². The van der Waals surface area contributed by atoms with Crippen molar-refractivity contribution in [1.82, 2.24) is 0 Å². The van der Waals surface area contributed by atoms with E-state index < -0.39 is 0 Å². The highest BCUT2D eigenvalue weighted by molar-refractivity contribution is 9.10. The minimum Gasteiger partial charge on any atom is -0.484 e. The van der Waals surface area contributed by atoms with Gasteiger partial charge in [-0.25, -0.2) is 0 Å². The largest absolute Gasteiger partial charge is 0.484 e. The Balaban J connectivity index is 2.28. The van der Waals surface area contributed by atoms with E-state index in [-0.39, 0.29) is 12.1 Å². The predicted molar refractivity (Wildman–Crippen MR) is 92.0 cm³/mol. The minimum atomic E-state index is -0.201. The Morgan fingerprint density at radius 2 is 2.00 bits per heavy atom. The van der Waals surface area contributed by atoms with Crippen LogP contribution in [0.25, 0.3) is 0 Å². The van der Waals surface area contributed by atoms with Crippen LogP contribution < -0.4 is 10.5 Å². The molecule has 0 aromatic heterocycles. The number of nitrogens with two attached hydrogens (primary N) is 1. The Morgan fingerprint density at radius 1 is 1.24 bits per heavy atom. The number of halogens is 2. The van der Waals surface area contributed by atoms with E-state index in [0.29, 0.717) is 0 Å². The maximum absolute atomic E-state index is 6.15. The number of hydrogen-bond acceptors (Lipinski definition) is 2. The lowest BCUT2D eigenvalue weighted by atomic mass is 10.0. The summed E-state index contributed by atoms with van der Waals surface area (Å²) in [7, 11) is 0. The first-order chi connectivity index (χ1) is 10.0. The van der Waals surface area contributed by atoms with Crippen molar-refractivity contribution in [1.29, 1.82) is 0 Å². The Morgan fingerprint density at radius 3 is 2.62 bits per heavy atom. The van der Waals surface area contributed by atoms with Crippen LogP contribution in [0.1, 0.15) is 31.1 Å². The van der Waals surface area contributed by atoms with E-state index >= 15 is 0 Å². The number of aryl methyl sites for hydroxylation is 1. The third-order valence-electron chi connectivity index (χ3n) is 3.32. The minimum absolute atomic E-state index is 0.125. The van der Waals surface area contributed by atoms with Gasteiger partial charge in [0.05, 0.1) is 0 Å². The molecule has 0 saturated carbocycles. The lowest BCUT2D eigenvalue weighted by Crippen LogP contribution is -2.29. The van der Waals surface area contributed by atoms with Gasteiger partial charge in [0.15, 0.2) is 0 Å². The number of hydrogen-bond donors (Lipinski definition) is 1. The van der Waals surface area contributed by atoms with Crippen LogP contribution in [0.15, 0.2) is 46.9 Å². The molecule has 0 amide bonds. The highest BCUT2D eigenvalue weighted by Gasteiger charge is 2.19. The van der Waals surface area contributed by atoms with Gasteiger partial charge in [-0.1, -0.05) is 46.6 Å². The van der Waals surface area contributed by atoms with Gasteiger partial charge in [0.25, 0.3) is 0 Å². The topological polar surface area (TPSA) is 35.2 Å². The van der Waals surface area contributed by atoms with E-state index in [1.165, 1.54) is 0 Å². The molecule has 2 atom stereocenters. The second-order valence-corrected chi connectivity index (χ2v) is 6.38. The third kappa shape index (κ3) is 4.22. The normalized spacial score (nSPS) is 13.8. The van der Waals surface area contributed by atoms with Crippen LogP contribution in [0.3, 0.4) is 0 Å². The summed E-state index contributed by atoms with van der Waals surface area (Å²) in [5.41, 5.74) is 8.22. The Hall–Kier alpha value is -1.03. The summed E-state index contributed by atoms with van der Waals surface area (Å²) in [4.78, 5) is 0. The zero-order valence-electron chi connectivity index (χ0n) is 12.1. The predicted octanol–water partition coefficient (Wildman–Crippen LogP) is 5.13. The second kappa shape index (κ2) is 7.30. The van der Waals surface area contributed by atoms with Crippen molar-refractivity contribution < 1.29 is 4.74 Å². The van der Waals surface area contributed by atoms with Crippen molar-refractivity contribution in [2.75, 3.05) is 0 Å². The smallest absolute Gasteiger partial charge is 0.138 e. The van der Waals surface area contributed by atoms with Gasteiger partial charge in [-0.2, -0.15) is 0 Å². The first kappa shape index (κ1) is 16.3. The average molecular weight is 369 g/mol. The van der Waals surface area contributed by atoms with Crippen molar-refractivity contribution in [2.45, 2.75) is 32.4 Å². The van der Waals surface area contributed by atoms with Crippen molar-refractivity contribution in [3.05, 3.63) is 63.1 Å². The van der Waals surface area contributed by atoms with Gasteiger partial charge >= 0.3 is 0 Å². The summed E-state index contributed by atoms with van der Waals surface area (Å²) in [6, 6.07) is 13.6. The molecule has 0 bridgehead atoms. The molecule has 0 fully saturated rings. The SMILES string of the molecule is CCc1cc(OC(c2cccc(Br)c2)C(C)N)ccc1Cl.